The average molecular weight is 358 g/mol. The van der Waals surface area contributed by atoms with Crippen LogP contribution < -0.4 is 0 Å². The second-order valence-corrected chi connectivity index (χ2v) is 6.59. The zero-order chi connectivity index (χ0) is 19.1. The number of halogens is 1. The Balaban J connectivity index is 1.67. The minimum absolute atomic E-state index is 0.176. The molecule has 3 aromatic rings. The van der Waals surface area contributed by atoms with Gasteiger partial charge in [0.05, 0.1) is 12.4 Å². The maximum Gasteiger partial charge on any atom is 0.131 e. The lowest BCUT2D eigenvalue weighted by Crippen LogP contribution is -1.90. The zero-order valence-electron chi connectivity index (χ0n) is 15.7. The van der Waals surface area contributed by atoms with Crippen molar-refractivity contribution in [2.75, 3.05) is 0 Å². The zero-order valence-corrected chi connectivity index (χ0v) is 15.7. The quantitative estimate of drug-likeness (QED) is 0.370. The van der Waals surface area contributed by atoms with E-state index in [4.69, 9.17) is 0 Å². The lowest BCUT2D eigenvalue weighted by molar-refractivity contribution is 0.628. The van der Waals surface area contributed by atoms with Crippen LogP contribution in [0.4, 0.5) is 4.39 Å². The molecule has 0 spiro atoms. The largest absolute Gasteiger partial charge is 0.206 e. The van der Waals surface area contributed by atoms with Gasteiger partial charge in [0.25, 0.3) is 0 Å². The van der Waals surface area contributed by atoms with Crippen LogP contribution >= 0.6 is 0 Å². The van der Waals surface area contributed by atoms with E-state index in [2.05, 4.69) is 17.1 Å². The molecule has 0 radical (unpaired) electrons. The first kappa shape index (κ1) is 18.7. The predicted molar refractivity (Wildman–Crippen MR) is 112 cm³/mol. The summed E-state index contributed by atoms with van der Waals surface area (Å²) in [7, 11) is 0. The molecule has 3 rings (SSSR count). The maximum absolute atomic E-state index is 14.3. The monoisotopic (exact) mass is 358 g/mol. The molecule has 0 atom stereocenters. The van der Waals surface area contributed by atoms with E-state index < -0.39 is 0 Å². The van der Waals surface area contributed by atoms with Crippen LogP contribution in [0, 0.1) is 12.7 Å². The van der Waals surface area contributed by atoms with E-state index in [1.165, 1.54) is 5.56 Å². The van der Waals surface area contributed by atoms with E-state index in [9.17, 15) is 4.39 Å². The molecular weight excluding hydrogens is 335 g/mol. The Morgan fingerprint density at radius 3 is 1.96 bits per heavy atom. The fraction of sp³-hybridized carbons (Fsp3) is 0.167. The van der Waals surface area contributed by atoms with Crippen LogP contribution in [0.15, 0.2) is 76.9 Å². The van der Waals surface area contributed by atoms with E-state index in [1.807, 2.05) is 67.6 Å². The van der Waals surface area contributed by atoms with E-state index in [0.717, 1.165) is 35.1 Å². The summed E-state index contributed by atoms with van der Waals surface area (Å²) in [5.74, 6) is -0.176. The molecule has 0 amide bonds. The first-order valence-corrected chi connectivity index (χ1v) is 9.17. The molecular formula is C24H23FN2. The Labute approximate surface area is 160 Å². The third kappa shape index (κ3) is 5.20. The van der Waals surface area contributed by atoms with Crippen LogP contribution in [-0.2, 0) is 6.42 Å². The van der Waals surface area contributed by atoms with E-state index in [-0.39, 0.29) is 5.82 Å². The molecule has 0 N–H and O–H groups in total. The number of aryl methyl sites for hydroxylation is 2. The number of hydrogen-bond donors (Lipinski definition) is 0. The lowest BCUT2D eigenvalue weighted by Gasteiger charge is -2.06. The van der Waals surface area contributed by atoms with Gasteiger partial charge in [-0.1, -0.05) is 79.6 Å². The molecule has 27 heavy (non-hydrogen) atoms. The molecule has 0 heterocycles. The summed E-state index contributed by atoms with van der Waals surface area (Å²) >= 11 is 0. The minimum Gasteiger partial charge on any atom is -0.206 e. The van der Waals surface area contributed by atoms with Gasteiger partial charge < -0.3 is 0 Å². The van der Waals surface area contributed by atoms with Crippen molar-refractivity contribution in [3.63, 3.8) is 0 Å². The van der Waals surface area contributed by atoms with Crippen LogP contribution in [0.1, 0.15) is 35.6 Å². The first-order valence-electron chi connectivity index (χ1n) is 9.17. The Bertz CT molecular complexity index is 939. The standard InChI is InChI=1S/C24H23FN2/c1-3-4-19-11-14-23(24(25)15-19)22-12-9-21(10-13-22)17-27-26-16-20-7-5-18(2)6-8-20/h5-17H,3-4H2,1-2H3. The van der Waals surface area contributed by atoms with Crippen molar-refractivity contribution in [2.45, 2.75) is 26.7 Å². The van der Waals surface area contributed by atoms with Crippen molar-refractivity contribution in [3.8, 4) is 11.1 Å². The van der Waals surface area contributed by atoms with E-state index in [0.29, 0.717) is 5.56 Å². The molecule has 0 aliphatic rings. The number of rotatable bonds is 6. The Morgan fingerprint density at radius 2 is 1.41 bits per heavy atom. The number of hydrogen-bond acceptors (Lipinski definition) is 2. The van der Waals surface area contributed by atoms with Gasteiger partial charge in [0.2, 0.25) is 0 Å². The van der Waals surface area contributed by atoms with E-state index in [1.54, 1.807) is 18.5 Å². The van der Waals surface area contributed by atoms with Gasteiger partial charge in [-0.3, -0.25) is 0 Å². The molecule has 136 valence electrons. The maximum atomic E-state index is 14.3. The van der Waals surface area contributed by atoms with Gasteiger partial charge in [-0.25, -0.2) is 4.39 Å². The highest BCUT2D eigenvalue weighted by atomic mass is 19.1. The number of nitrogens with zero attached hydrogens (tertiary/aromatic N) is 2. The average Bonchev–Trinajstić information content (AvgIpc) is 2.68. The van der Waals surface area contributed by atoms with Crippen LogP contribution in [0.2, 0.25) is 0 Å². The van der Waals surface area contributed by atoms with Crippen molar-refractivity contribution < 1.29 is 4.39 Å². The molecule has 0 bridgehead atoms. The van der Waals surface area contributed by atoms with Gasteiger partial charge in [0.15, 0.2) is 0 Å². The molecule has 3 heteroatoms. The molecule has 2 nitrogen and oxygen atoms in total. The Morgan fingerprint density at radius 1 is 0.815 bits per heavy atom. The van der Waals surface area contributed by atoms with Gasteiger partial charge in [0, 0.05) is 5.56 Å². The van der Waals surface area contributed by atoms with E-state index >= 15 is 0 Å². The van der Waals surface area contributed by atoms with Gasteiger partial charge in [-0.15, -0.1) is 0 Å². The van der Waals surface area contributed by atoms with Gasteiger partial charge in [0.1, 0.15) is 5.82 Å². The number of benzene rings is 3. The summed E-state index contributed by atoms with van der Waals surface area (Å²) in [4.78, 5) is 0. The smallest absolute Gasteiger partial charge is 0.131 e. The van der Waals surface area contributed by atoms with Gasteiger partial charge >= 0.3 is 0 Å². The summed E-state index contributed by atoms with van der Waals surface area (Å²) in [6, 6.07) is 21.2. The third-order valence-corrected chi connectivity index (χ3v) is 4.35. The van der Waals surface area contributed by atoms with Crippen molar-refractivity contribution in [3.05, 3.63) is 94.8 Å². The highest BCUT2D eigenvalue weighted by molar-refractivity contribution is 5.83. The van der Waals surface area contributed by atoms with Crippen molar-refractivity contribution >= 4 is 12.4 Å². The summed E-state index contributed by atoms with van der Waals surface area (Å²) in [6.45, 7) is 4.14. The molecule has 0 unspecified atom stereocenters. The van der Waals surface area contributed by atoms with Crippen molar-refractivity contribution in [1.82, 2.24) is 0 Å². The summed E-state index contributed by atoms with van der Waals surface area (Å²) in [6.07, 6.45) is 5.32. The Hall–Kier alpha value is -3.07. The molecule has 0 aliphatic carbocycles. The molecule has 0 saturated carbocycles. The van der Waals surface area contributed by atoms with Crippen molar-refractivity contribution in [2.24, 2.45) is 10.2 Å². The molecule has 3 aromatic carbocycles. The van der Waals surface area contributed by atoms with Crippen LogP contribution in [0.25, 0.3) is 11.1 Å². The fourth-order valence-corrected chi connectivity index (χ4v) is 2.84. The van der Waals surface area contributed by atoms with Crippen LogP contribution in [-0.4, -0.2) is 12.4 Å². The van der Waals surface area contributed by atoms with Gasteiger partial charge in [-0.2, -0.15) is 10.2 Å². The second-order valence-electron chi connectivity index (χ2n) is 6.59. The molecule has 0 fully saturated rings. The highest BCUT2D eigenvalue weighted by Gasteiger charge is 2.06. The fourth-order valence-electron chi connectivity index (χ4n) is 2.84. The van der Waals surface area contributed by atoms with Crippen molar-refractivity contribution in [1.29, 1.82) is 0 Å². The van der Waals surface area contributed by atoms with Gasteiger partial charge in [-0.05, 0) is 41.7 Å². The predicted octanol–water partition coefficient (Wildman–Crippen LogP) is 6.21. The van der Waals surface area contributed by atoms with Crippen LogP contribution in [0.3, 0.4) is 0 Å². The van der Waals surface area contributed by atoms with Crippen LogP contribution in [0.5, 0.6) is 0 Å². The normalized spacial score (nSPS) is 11.5. The highest BCUT2D eigenvalue weighted by Crippen LogP contribution is 2.24. The molecule has 0 aliphatic heterocycles. The Kier molecular flexibility index (Phi) is 6.26. The third-order valence-electron chi connectivity index (χ3n) is 4.35. The minimum atomic E-state index is -0.176. The summed E-state index contributed by atoms with van der Waals surface area (Å²) in [5.41, 5.74) is 5.66. The summed E-state index contributed by atoms with van der Waals surface area (Å²) < 4.78 is 14.3. The SMILES string of the molecule is CCCc1ccc(-c2ccc(C=NN=Cc3ccc(C)cc3)cc2)c(F)c1. The molecule has 0 aromatic heterocycles. The second kappa shape index (κ2) is 9.04. The first-order chi connectivity index (χ1) is 13.2. The molecule has 0 saturated heterocycles. The topological polar surface area (TPSA) is 24.7 Å². The summed E-state index contributed by atoms with van der Waals surface area (Å²) in [5, 5.41) is 8.15. The lowest BCUT2D eigenvalue weighted by atomic mass is 10.0.